The quantitative estimate of drug-likeness (QED) is 0.250. The number of amides is 3. The molecule has 9 heteroatoms. The summed E-state index contributed by atoms with van der Waals surface area (Å²) in [5.74, 6) is -0.898. The van der Waals surface area contributed by atoms with E-state index < -0.39 is 11.8 Å². The van der Waals surface area contributed by atoms with Gasteiger partial charge in [0, 0.05) is 11.4 Å². The highest BCUT2D eigenvalue weighted by molar-refractivity contribution is 6.39. The van der Waals surface area contributed by atoms with Crippen molar-refractivity contribution in [1.82, 2.24) is 5.43 Å². The van der Waals surface area contributed by atoms with Crippen LogP contribution in [-0.4, -0.2) is 37.7 Å². The lowest BCUT2D eigenvalue weighted by atomic mass is 10.1. The molecule has 180 valence electrons. The summed E-state index contributed by atoms with van der Waals surface area (Å²) >= 11 is 0. The lowest BCUT2D eigenvalue weighted by molar-refractivity contribution is -0.136. The van der Waals surface area contributed by atoms with Gasteiger partial charge >= 0.3 is 11.8 Å². The van der Waals surface area contributed by atoms with Crippen molar-refractivity contribution in [3.8, 4) is 11.5 Å². The maximum absolute atomic E-state index is 12.1. The summed E-state index contributed by atoms with van der Waals surface area (Å²) in [6.45, 7) is 1.77. The lowest BCUT2D eigenvalue weighted by Gasteiger charge is -2.09. The van der Waals surface area contributed by atoms with Gasteiger partial charge in [-0.25, -0.2) is 5.43 Å². The van der Waals surface area contributed by atoms with E-state index in [9.17, 15) is 14.4 Å². The fourth-order valence-corrected chi connectivity index (χ4v) is 3.05. The fraction of sp³-hybridized carbons (Fsp3) is 0.154. The second-order valence-corrected chi connectivity index (χ2v) is 7.30. The van der Waals surface area contributed by atoms with Crippen molar-refractivity contribution in [3.63, 3.8) is 0 Å². The molecule has 0 aliphatic rings. The summed E-state index contributed by atoms with van der Waals surface area (Å²) < 4.78 is 10.6. The van der Waals surface area contributed by atoms with Crippen LogP contribution in [0.5, 0.6) is 11.5 Å². The molecule has 3 aromatic rings. The summed E-state index contributed by atoms with van der Waals surface area (Å²) in [6.07, 6.45) is 2.09. The Kier molecular flexibility index (Phi) is 8.95. The van der Waals surface area contributed by atoms with Crippen molar-refractivity contribution in [2.24, 2.45) is 5.10 Å². The average molecular weight is 475 g/mol. The van der Waals surface area contributed by atoms with E-state index in [0.717, 1.165) is 12.0 Å². The molecule has 9 nitrogen and oxygen atoms in total. The van der Waals surface area contributed by atoms with Crippen LogP contribution in [-0.2, 0) is 20.8 Å². The van der Waals surface area contributed by atoms with Crippen molar-refractivity contribution < 1.29 is 23.9 Å². The number of anilines is 2. The third kappa shape index (κ3) is 7.71. The Labute approximate surface area is 203 Å². The second-order valence-electron chi connectivity index (χ2n) is 7.30. The molecule has 0 aliphatic carbocycles. The van der Waals surface area contributed by atoms with Crippen LogP contribution in [0, 0.1) is 0 Å². The van der Waals surface area contributed by atoms with E-state index in [0.29, 0.717) is 28.4 Å². The maximum Gasteiger partial charge on any atom is 0.329 e. The zero-order valence-corrected chi connectivity index (χ0v) is 19.4. The lowest BCUT2D eigenvalue weighted by Crippen LogP contribution is -2.32. The summed E-state index contributed by atoms with van der Waals surface area (Å²) in [7, 11) is 1.57. The number of hydrazone groups is 1. The first-order valence-electron chi connectivity index (χ1n) is 10.9. The number of hydrogen-bond donors (Lipinski definition) is 3. The molecule has 0 bridgehead atoms. The van der Waals surface area contributed by atoms with E-state index >= 15 is 0 Å². The summed E-state index contributed by atoms with van der Waals surface area (Å²) in [4.78, 5) is 36.3. The standard InChI is InChI=1S/C26H26N4O5/c1-3-19-8-4-5-10-23(19)29-25(32)26(33)30-27-16-18-7-6-9-22(15-18)35-17-24(31)28-20-11-13-21(34-2)14-12-20/h4-16H,3,17H2,1-2H3,(H,28,31)(H,29,32)(H,30,33)/b27-16-. The van der Waals surface area contributed by atoms with Crippen LogP contribution in [0.15, 0.2) is 77.9 Å². The minimum atomic E-state index is -0.894. The van der Waals surface area contributed by atoms with Crippen LogP contribution >= 0.6 is 0 Å². The van der Waals surface area contributed by atoms with Crippen molar-refractivity contribution in [3.05, 3.63) is 83.9 Å². The molecule has 3 N–H and O–H groups in total. The van der Waals surface area contributed by atoms with Gasteiger partial charge in [0.05, 0.1) is 13.3 Å². The number of carbonyl (C=O) groups is 3. The van der Waals surface area contributed by atoms with Crippen LogP contribution in [0.1, 0.15) is 18.1 Å². The molecule has 3 rings (SSSR count). The number of aryl methyl sites for hydroxylation is 1. The Morgan fingerprint density at radius 1 is 0.886 bits per heavy atom. The van der Waals surface area contributed by atoms with Crippen LogP contribution in [0.3, 0.4) is 0 Å². The van der Waals surface area contributed by atoms with E-state index in [1.54, 1.807) is 67.8 Å². The Hall–Kier alpha value is -4.66. The molecule has 3 amide bonds. The molecule has 3 aromatic carbocycles. The molecular weight excluding hydrogens is 448 g/mol. The highest BCUT2D eigenvalue weighted by Gasteiger charge is 2.14. The van der Waals surface area contributed by atoms with Gasteiger partial charge in [-0.2, -0.15) is 5.10 Å². The largest absolute Gasteiger partial charge is 0.497 e. The number of para-hydroxylation sites is 1. The number of methoxy groups -OCH3 is 1. The zero-order chi connectivity index (χ0) is 25.0. The van der Waals surface area contributed by atoms with E-state index in [1.165, 1.54) is 6.21 Å². The van der Waals surface area contributed by atoms with Gasteiger partial charge < -0.3 is 20.1 Å². The molecule has 0 saturated heterocycles. The summed E-state index contributed by atoms with van der Waals surface area (Å²) in [5.41, 5.74) is 4.93. The first-order chi connectivity index (χ1) is 17.0. The van der Waals surface area contributed by atoms with E-state index in [-0.39, 0.29) is 12.5 Å². The predicted molar refractivity (Wildman–Crippen MR) is 134 cm³/mol. The number of nitrogens with zero attached hydrogens (tertiary/aromatic N) is 1. The third-order valence-electron chi connectivity index (χ3n) is 4.83. The van der Waals surface area contributed by atoms with Crippen LogP contribution in [0.4, 0.5) is 11.4 Å². The normalized spacial score (nSPS) is 10.5. The van der Waals surface area contributed by atoms with Crippen molar-refractivity contribution in [2.45, 2.75) is 13.3 Å². The van der Waals surface area contributed by atoms with Gasteiger partial charge in [-0.15, -0.1) is 0 Å². The minimum absolute atomic E-state index is 0.192. The van der Waals surface area contributed by atoms with Gasteiger partial charge in [-0.3, -0.25) is 14.4 Å². The van der Waals surface area contributed by atoms with Gasteiger partial charge in [0.2, 0.25) is 0 Å². The van der Waals surface area contributed by atoms with Crippen molar-refractivity contribution >= 4 is 35.3 Å². The van der Waals surface area contributed by atoms with Crippen molar-refractivity contribution in [1.29, 1.82) is 0 Å². The molecule has 0 unspecified atom stereocenters. The smallest absolute Gasteiger partial charge is 0.329 e. The molecule has 0 aliphatic heterocycles. The topological polar surface area (TPSA) is 118 Å². The predicted octanol–water partition coefficient (Wildman–Crippen LogP) is 3.36. The SMILES string of the molecule is CCc1ccccc1NC(=O)C(=O)N/N=C\c1cccc(OCC(=O)Nc2ccc(OC)cc2)c1. The van der Waals surface area contributed by atoms with Crippen LogP contribution < -0.4 is 25.5 Å². The van der Waals surface area contributed by atoms with Gasteiger partial charge in [-0.05, 0) is 60.0 Å². The highest BCUT2D eigenvalue weighted by atomic mass is 16.5. The van der Waals surface area contributed by atoms with Gasteiger partial charge in [-0.1, -0.05) is 37.3 Å². The number of rotatable bonds is 9. The molecule has 0 radical (unpaired) electrons. The number of nitrogens with one attached hydrogen (secondary N) is 3. The number of carbonyl (C=O) groups excluding carboxylic acids is 3. The Morgan fingerprint density at radius 2 is 1.66 bits per heavy atom. The summed E-state index contributed by atoms with van der Waals surface area (Å²) in [5, 5.41) is 9.13. The molecule has 0 heterocycles. The first kappa shape index (κ1) is 25.0. The molecule has 0 atom stereocenters. The van der Waals surface area contributed by atoms with Crippen LogP contribution in [0.25, 0.3) is 0 Å². The van der Waals surface area contributed by atoms with E-state index in [1.807, 2.05) is 19.1 Å². The monoisotopic (exact) mass is 474 g/mol. The van der Waals surface area contributed by atoms with E-state index in [2.05, 4.69) is 21.2 Å². The second kappa shape index (κ2) is 12.5. The third-order valence-corrected chi connectivity index (χ3v) is 4.83. The Morgan fingerprint density at radius 3 is 2.40 bits per heavy atom. The molecule has 35 heavy (non-hydrogen) atoms. The minimum Gasteiger partial charge on any atom is -0.497 e. The molecule has 0 saturated carbocycles. The number of ether oxygens (including phenoxy) is 2. The zero-order valence-electron chi connectivity index (χ0n) is 19.4. The fourth-order valence-electron chi connectivity index (χ4n) is 3.05. The first-order valence-corrected chi connectivity index (χ1v) is 10.9. The molecule has 0 aromatic heterocycles. The van der Waals surface area contributed by atoms with Gasteiger partial charge in [0.1, 0.15) is 11.5 Å². The average Bonchev–Trinajstić information content (AvgIpc) is 2.88. The number of hydrogen-bond acceptors (Lipinski definition) is 6. The Balaban J connectivity index is 1.48. The maximum atomic E-state index is 12.1. The number of benzene rings is 3. The van der Waals surface area contributed by atoms with E-state index in [4.69, 9.17) is 9.47 Å². The van der Waals surface area contributed by atoms with Crippen LogP contribution in [0.2, 0.25) is 0 Å². The highest BCUT2D eigenvalue weighted by Crippen LogP contribution is 2.16. The van der Waals surface area contributed by atoms with Crippen molar-refractivity contribution in [2.75, 3.05) is 24.4 Å². The van der Waals surface area contributed by atoms with Gasteiger partial charge in [0.25, 0.3) is 5.91 Å². The molecule has 0 spiro atoms. The molecule has 0 fully saturated rings. The summed E-state index contributed by atoms with van der Waals surface area (Å²) in [6, 6.07) is 21.0. The van der Waals surface area contributed by atoms with Gasteiger partial charge in [0.15, 0.2) is 6.61 Å². The molecular formula is C26H26N4O5. The Bertz CT molecular complexity index is 1210.